The van der Waals surface area contributed by atoms with E-state index in [0.29, 0.717) is 13.2 Å². The lowest BCUT2D eigenvalue weighted by atomic mass is 9.52. The molecule has 1 saturated carbocycles. The standard InChI is InChI=1S/C24H28O6/c1-5-29-17-11-7-9-15(13-17)19-20(16-10-8-12-18(14-16)30-6-2)22(24(26)28-4)21(19)23(25)27-3/h7-14,19-22H,5-6H2,1-4H3/t19-,20+,21+,22-. The van der Waals surface area contributed by atoms with Crippen LogP contribution in [0.4, 0.5) is 0 Å². The Labute approximate surface area is 177 Å². The first-order valence-electron chi connectivity index (χ1n) is 10.2. The van der Waals surface area contributed by atoms with E-state index < -0.39 is 23.8 Å². The number of carbonyl (C=O) groups excluding carboxylic acids is 2. The summed E-state index contributed by atoms with van der Waals surface area (Å²) in [5.41, 5.74) is 1.84. The molecule has 0 bridgehead atoms. The van der Waals surface area contributed by atoms with Gasteiger partial charge in [0.15, 0.2) is 0 Å². The third-order valence-corrected chi connectivity index (χ3v) is 5.60. The fourth-order valence-corrected chi connectivity index (χ4v) is 4.39. The van der Waals surface area contributed by atoms with Gasteiger partial charge in [-0.05, 0) is 49.2 Å². The highest BCUT2D eigenvalue weighted by atomic mass is 16.5. The SMILES string of the molecule is CCOc1cccc([C@@H]2[C@@H](C(=O)OC)[C@@H](C(=O)OC)[C@@H]2c2cccc(OCC)c2)c1. The van der Waals surface area contributed by atoms with E-state index in [2.05, 4.69) is 0 Å². The molecule has 0 aromatic heterocycles. The molecular weight excluding hydrogens is 384 g/mol. The number of hydrogen-bond donors (Lipinski definition) is 0. The van der Waals surface area contributed by atoms with E-state index in [4.69, 9.17) is 18.9 Å². The molecule has 3 rings (SSSR count). The number of carbonyl (C=O) groups is 2. The largest absolute Gasteiger partial charge is 0.494 e. The molecule has 0 unspecified atom stereocenters. The van der Waals surface area contributed by atoms with Crippen molar-refractivity contribution in [3.8, 4) is 11.5 Å². The van der Waals surface area contributed by atoms with Crippen molar-refractivity contribution in [1.82, 2.24) is 0 Å². The van der Waals surface area contributed by atoms with Crippen molar-refractivity contribution in [3.05, 3.63) is 59.7 Å². The normalized spacial score (nSPS) is 22.5. The van der Waals surface area contributed by atoms with Crippen LogP contribution in [0.25, 0.3) is 0 Å². The van der Waals surface area contributed by atoms with Crippen molar-refractivity contribution in [3.63, 3.8) is 0 Å². The Balaban J connectivity index is 2.09. The van der Waals surface area contributed by atoms with Crippen LogP contribution < -0.4 is 9.47 Å². The minimum Gasteiger partial charge on any atom is -0.494 e. The Morgan fingerprint density at radius 2 is 1.13 bits per heavy atom. The molecule has 0 N–H and O–H groups in total. The summed E-state index contributed by atoms with van der Waals surface area (Å²) >= 11 is 0. The molecule has 0 spiro atoms. The fourth-order valence-electron chi connectivity index (χ4n) is 4.39. The number of benzene rings is 2. The zero-order valence-electron chi connectivity index (χ0n) is 17.8. The first-order chi connectivity index (χ1) is 14.5. The van der Waals surface area contributed by atoms with Crippen LogP contribution in [-0.4, -0.2) is 39.4 Å². The molecule has 0 aliphatic heterocycles. The monoisotopic (exact) mass is 412 g/mol. The molecule has 2 aromatic rings. The lowest BCUT2D eigenvalue weighted by molar-refractivity contribution is -0.168. The zero-order chi connectivity index (χ0) is 21.7. The predicted molar refractivity (Wildman–Crippen MR) is 112 cm³/mol. The van der Waals surface area contributed by atoms with Gasteiger partial charge in [0, 0.05) is 11.8 Å². The molecule has 0 heterocycles. The van der Waals surface area contributed by atoms with E-state index in [-0.39, 0.29) is 11.8 Å². The molecule has 6 heteroatoms. The molecule has 1 aliphatic rings. The fraction of sp³-hybridized carbons (Fsp3) is 0.417. The Kier molecular flexibility index (Phi) is 6.98. The Morgan fingerprint density at radius 1 is 0.733 bits per heavy atom. The second-order valence-electron chi connectivity index (χ2n) is 7.16. The smallest absolute Gasteiger partial charge is 0.310 e. The lowest BCUT2D eigenvalue weighted by Gasteiger charge is -2.49. The van der Waals surface area contributed by atoms with Gasteiger partial charge in [0.1, 0.15) is 11.5 Å². The summed E-state index contributed by atoms with van der Waals surface area (Å²) in [7, 11) is 2.68. The molecule has 4 atom stereocenters. The van der Waals surface area contributed by atoms with Gasteiger partial charge >= 0.3 is 11.9 Å². The maximum Gasteiger partial charge on any atom is 0.310 e. The van der Waals surface area contributed by atoms with Crippen LogP contribution >= 0.6 is 0 Å². The third-order valence-electron chi connectivity index (χ3n) is 5.60. The second kappa shape index (κ2) is 9.65. The molecule has 30 heavy (non-hydrogen) atoms. The van der Waals surface area contributed by atoms with E-state index in [0.717, 1.165) is 22.6 Å². The molecule has 2 aromatic carbocycles. The number of hydrogen-bond acceptors (Lipinski definition) is 6. The van der Waals surface area contributed by atoms with Crippen molar-refractivity contribution in [2.75, 3.05) is 27.4 Å². The first kappa shape index (κ1) is 21.7. The number of rotatable bonds is 8. The maximum absolute atomic E-state index is 12.7. The van der Waals surface area contributed by atoms with Crippen LogP contribution in [-0.2, 0) is 19.1 Å². The summed E-state index contributed by atoms with van der Waals surface area (Å²) in [6.45, 7) is 4.92. The van der Waals surface area contributed by atoms with Gasteiger partial charge in [-0.1, -0.05) is 24.3 Å². The van der Waals surface area contributed by atoms with Crippen LogP contribution in [0.1, 0.15) is 36.8 Å². The van der Waals surface area contributed by atoms with Crippen molar-refractivity contribution < 1.29 is 28.5 Å². The first-order valence-corrected chi connectivity index (χ1v) is 10.2. The molecule has 160 valence electrons. The molecule has 1 aliphatic carbocycles. The lowest BCUT2D eigenvalue weighted by Crippen LogP contribution is -2.52. The van der Waals surface area contributed by atoms with Crippen LogP contribution in [0.5, 0.6) is 11.5 Å². The quantitative estimate of drug-likeness (QED) is 0.612. The van der Waals surface area contributed by atoms with E-state index in [1.54, 1.807) is 0 Å². The van der Waals surface area contributed by atoms with Gasteiger partial charge in [0.25, 0.3) is 0 Å². The van der Waals surface area contributed by atoms with Crippen molar-refractivity contribution in [2.45, 2.75) is 25.7 Å². The summed E-state index contributed by atoms with van der Waals surface area (Å²) in [5.74, 6) is -1.18. The van der Waals surface area contributed by atoms with Gasteiger partial charge in [0.05, 0.1) is 39.3 Å². The summed E-state index contributed by atoms with van der Waals surface area (Å²) in [6.07, 6.45) is 0. The Bertz CT molecular complexity index is 819. The minimum absolute atomic E-state index is 0.251. The van der Waals surface area contributed by atoms with Gasteiger partial charge in [0.2, 0.25) is 0 Å². The number of methoxy groups -OCH3 is 2. The predicted octanol–water partition coefficient (Wildman–Crippen LogP) is 3.94. The zero-order valence-corrected chi connectivity index (χ0v) is 17.8. The van der Waals surface area contributed by atoms with Crippen LogP contribution in [0.15, 0.2) is 48.5 Å². The van der Waals surface area contributed by atoms with Crippen LogP contribution in [0.3, 0.4) is 0 Å². The number of ether oxygens (including phenoxy) is 4. The van der Waals surface area contributed by atoms with E-state index in [9.17, 15) is 9.59 Å². The molecule has 1 fully saturated rings. The van der Waals surface area contributed by atoms with Crippen LogP contribution in [0, 0.1) is 11.8 Å². The van der Waals surface area contributed by atoms with Crippen molar-refractivity contribution >= 4 is 11.9 Å². The van der Waals surface area contributed by atoms with Gasteiger partial charge in [-0.15, -0.1) is 0 Å². The van der Waals surface area contributed by atoms with Gasteiger partial charge < -0.3 is 18.9 Å². The summed E-state index contributed by atoms with van der Waals surface area (Å²) in [5, 5.41) is 0. The summed E-state index contributed by atoms with van der Waals surface area (Å²) in [4.78, 5) is 25.4. The molecule has 6 nitrogen and oxygen atoms in total. The van der Waals surface area contributed by atoms with Gasteiger partial charge in [-0.2, -0.15) is 0 Å². The highest BCUT2D eigenvalue weighted by Gasteiger charge is 2.59. The van der Waals surface area contributed by atoms with E-state index >= 15 is 0 Å². The highest BCUT2D eigenvalue weighted by Crippen LogP contribution is 2.59. The number of esters is 2. The second-order valence-corrected chi connectivity index (χ2v) is 7.16. The van der Waals surface area contributed by atoms with Crippen molar-refractivity contribution in [1.29, 1.82) is 0 Å². The Morgan fingerprint density at radius 3 is 1.47 bits per heavy atom. The van der Waals surface area contributed by atoms with E-state index in [1.165, 1.54) is 14.2 Å². The molecular formula is C24H28O6. The van der Waals surface area contributed by atoms with E-state index in [1.807, 2.05) is 62.4 Å². The molecule has 0 saturated heterocycles. The average Bonchev–Trinajstić information content (AvgIpc) is 2.74. The highest BCUT2D eigenvalue weighted by molar-refractivity contribution is 5.87. The average molecular weight is 412 g/mol. The van der Waals surface area contributed by atoms with Crippen LogP contribution in [0.2, 0.25) is 0 Å². The molecule has 0 amide bonds. The maximum atomic E-state index is 12.7. The summed E-state index contributed by atoms with van der Waals surface area (Å²) in [6, 6.07) is 15.3. The molecule has 0 radical (unpaired) electrons. The third kappa shape index (κ3) is 4.13. The minimum atomic E-state index is -0.639. The van der Waals surface area contributed by atoms with Gasteiger partial charge in [-0.25, -0.2) is 0 Å². The van der Waals surface area contributed by atoms with Crippen molar-refractivity contribution in [2.24, 2.45) is 11.8 Å². The topological polar surface area (TPSA) is 71.1 Å². The van der Waals surface area contributed by atoms with Gasteiger partial charge in [-0.3, -0.25) is 9.59 Å². The Hall–Kier alpha value is -3.02. The summed E-state index contributed by atoms with van der Waals surface area (Å²) < 4.78 is 21.4.